The molecule has 156 valence electrons. The van der Waals surface area contributed by atoms with Gasteiger partial charge in [0.15, 0.2) is 11.9 Å². The van der Waals surface area contributed by atoms with Gasteiger partial charge in [0.05, 0.1) is 16.8 Å². The van der Waals surface area contributed by atoms with Gasteiger partial charge in [-0.25, -0.2) is 4.79 Å². The van der Waals surface area contributed by atoms with Crippen molar-refractivity contribution in [3.05, 3.63) is 57.9 Å². The number of aromatic nitrogens is 1. The second kappa shape index (κ2) is 7.70. The van der Waals surface area contributed by atoms with Crippen LogP contribution in [0.1, 0.15) is 73.6 Å². The predicted molar refractivity (Wildman–Crippen MR) is 107 cm³/mol. The Morgan fingerprint density at radius 2 is 1.53 bits per heavy atom. The zero-order valence-electron chi connectivity index (χ0n) is 17.4. The Labute approximate surface area is 173 Å². The summed E-state index contributed by atoms with van der Waals surface area (Å²) in [4.78, 5) is 65.9. The molecule has 30 heavy (non-hydrogen) atoms. The molecule has 2 heterocycles. The van der Waals surface area contributed by atoms with Gasteiger partial charge in [0.25, 0.3) is 11.8 Å². The van der Waals surface area contributed by atoms with E-state index in [-0.39, 0.29) is 22.6 Å². The van der Waals surface area contributed by atoms with Crippen LogP contribution in [0.5, 0.6) is 0 Å². The lowest BCUT2D eigenvalue weighted by atomic mass is 10.0. The van der Waals surface area contributed by atoms with E-state index in [0.717, 1.165) is 4.90 Å². The third-order valence-corrected chi connectivity index (χ3v) is 5.25. The van der Waals surface area contributed by atoms with Gasteiger partial charge in [0, 0.05) is 11.3 Å². The van der Waals surface area contributed by atoms with Crippen LogP contribution in [-0.4, -0.2) is 51.4 Å². The van der Waals surface area contributed by atoms with Crippen LogP contribution in [0.4, 0.5) is 0 Å². The minimum absolute atomic E-state index is 0.177. The van der Waals surface area contributed by atoms with Crippen molar-refractivity contribution in [2.45, 2.75) is 46.8 Å². The van der Waals surface area contributed by atoms with Gasteiger partial charge in [-0.3, -0.25) is 24.1 Å². The van der Waals surface area contributed by atoms with Crippen molar-refractivity contribution in [3.8, 4) is 0 Å². The maximum absolute atomic E-state index is 12.8. The van der Waals surface area contributed by atoms with Gasteiger partial charge in [0.1, 0.15) is 6.04 Å². The van der Waals surface area contributed by atoms with Crippen LogP contribution in [0.15, 0.2) is 24.3 Å². The van der Waals surface area contributed by atoms with Crippen molar-refractivity contribution in [3.63, 3.8) is 0 Å². The lowest BCUT2D eigenvalue weighted by molar-refractivity contribution is -0.150. The Hall–Kier alpha value is -3.55. The first-order chi connectivity index (χ1) is 14.1. The molecule has 0 saturated carbocycles. The van der Waals surface area contributed by atoms with E-state index >= 15 is 0 Å². The number of Topliss-reactive ketones (excluding diaryl/α,β-unsaturated/α-hetero) is 2. The first-order valence-electron chi connectivity index (χ1n) is 9.48. The smallest absolute Gasteiger partial charge is 0.329 e. The number of aromatic amines is 1. The van der Waals surface area contributed by atoms with Crippen LogP contribution in [0.3, 0.4) is 0 Å². The number of ether oxygens (including phenoxy) is 1. The lowest BCUT2D eigenvalue weighted by Gasteiger charge is -2.22. The first kappa shape index (κ1) is 21.2. The SMILES string of the molecule is CC(=O)c1c(C)[nH]c(C(=O)[C@@H](C)OC(=O)[C@H](C)N2C(=O)c3ccccc3C2=O)c1C. The van der Waals surface area contributed by atoms with Crippen molar-refractivity contribution in [2.24, 2.45) is 0 Å². The maximum Gasteiger partial charge on any atom is 0.329 e. The number of imide groups is 1. The van der Waals surface area contributed by atoms with Gasteiger partial charge in [-0.2, -0.15) is 0 Å². The Balaban J connectivity index is 1.76. The monoisotopic (exact) mass is 410 g/mol. The van der Waals surface area contributed by atoms with Crippen LogP contribution in [0.25, 0.3) is 0 Å². The number of amides is 2. The average Bonchev–Trinajstić information content (AvgIpc) is 3.13. The van der Waals surface area contributed by atoms with Crippen molar-refractivity contribution in [1.29, 1.82) is 0 Å². The molecule has 1 aliphatic heterocycles. The molecule has 2 aromatic rings. The Kier molecular flexibility index (Phi) is 5.43. The molecule has 0 saturated heterocycles. The normalized spacial score (nSPS) is 15.0. The van der Waals surface area contributed by atoms with E-state index in [2.05, 4.69) is 4.98 Å². The summed E-state index contributed by atoms with van der Waals surface area (Å²) in [5, 5.41) is 0. The summed E-state index contributed by atoms with van der Waals surface area (Å²) in [6, 6.07) is 5.10. The van der Waals surface area contributed by atoms with Gasteiger partial charge in [-0.1, -0.05) is 12.1 Å². The molecule has 2 amide bonds. The van der Waals surface area contributed by atoms with Gasteiger partial charge in [-0.05, 0) is 52.3 Å². The molecule has 0 fully saturated rings. The summed E-state index contributed by atoms with van der Waals surface area (Å²) >= 11 is 0. The van der Waals surface area contributed by atoms with Gasteiger partial charge >= 0.3 is 5.97 Å². The number of carbonyl (C=O) groups is 5. The van der Waals surface area contributed by atoms with Crippen LogP contribution in [0.2, 0.25) is 0 Å². The zero-order valence-corrected chi connectivity index (χ0v) is 17.4. The molecule has 8 nitrogen and oxygen atoms in total. The highest BCUT2D eigenvalue weighted by atomic mass is 16.5. The number of hydrogen-bond donors (Lipinski definition) is 1. The number of nitrogens with zero attached hydrogens (tertiary/aromatic N) is 1. The number of aryl methyl sites for hydroxylation is 1. The van der Waals surface area contributed by atoms with E-state index in [0.29, 0.717) is 16.8 Å². The van der Waals surface area contributed by atoms with Crippen molar-refractivity contribution >= 4 is 29.4 Å². The van der Waals surface area contributed by atoms with Gasteiger partial charge < -0.3 is 9.72 Å². The van der Waals surface area contributed by atoms with E-state index in [1.54, 1.807) is 26.0 Å². The van der Waals surface area contributed by atoms with Crippen molar-refractivity contribution < 1.29 is 28.7 Å². The Bertz CT molecular complexity index is 1060. The third kappa shape index (κ3) is 3.34. The van der Waals surface area contributed by atoms with E-state index in [1.165, 1.54) is 32.9 Å². The number of carbonyl (C=O) groups excluding carboxylic acids is 5. The number of nitrogens with one attached hydrogen (secondary N) is 1. The number of fused-ring (bicyclic) bond motifs is 1. The van der Waals surface area contributed by atoms with E-state index in [4.69, 9.17) is 4.74 Å². The molecule has 0 unspecified atom stereocenters. The highest BCUT2D eigenvalue weighted by Crippen LogP contribution is 2.25. The molecule has 0 bridgehead atoms. The fourth-order valence-electron chi connectivity index (χ4n) is 3.72. The molecule has 3 rings (SSSR count). The second-order valence-electron chi connectivity index (χ2n) is 7.33. The largest absolute Gasteiger partial charge is 0.453 e. The number of esters is 1. The maximum atomic E-state index is 12.8. The zero-order chi connectivity index (χ0) is 22.3. The fraction of sp³-hybridized carbons (Fsp3) is 0.318. The van der Waals surface area contributed by atoms with E-state index in [9.17, 15) is 24.0 Å². The molecular formula is C22H22N2O6. The first-order valence-corrected chi connectivity index (χ1v) is 9.48. The molecule has 1 N–H and O–H groups in total. The number of ketones is 2. The van der Waals surface area contributed by atoms with Crippen molar-refractivity contribution in [2.75, 3.05) is 0 Å². The minimum Gasteiger partial charge on any atom is -0.453 e. The summed E-state index contributed by atoms with van der Waals surface area (Å²) in [6.45, 7) is 7.51. The number of hydrogen-bond acceptors (Lipinski definition) is 6. The molecule has 1 aliphatic rings. The fourth-order valence-corrected chi connectivity index (χ4v) is 3.72. The molecular weight excluding hydrogens is 388 g/mol. The molecule has 0 spiro atoms. The molecule has 0 aliphatic carbocycles. The molecule has 0 radical (unpaired) electrons. The second-order valence-corrected chi connectivity index (χ2v) is 7.33. The third-order valence-electron chi connectivity index (χ3n) is 5.25. The standard InChI is InChI=1S/C22H22N2O6/c1-10-17(13(4)25)11(2)23-18(10)19(26)14(5)30-22(29)12(3)24-20(27)15-8-6-7-9-16(15)21(24)28/h6-9,12,14,23H,1-5H3/t12-,14+/m0/s1. The van der Waals surface area contributed by atoms with Crippen LogP contribution in [-0.2, 0) is 9.53 Å². The highest BCUT2D eigenvalue weighted by molar-refractivity contribution is 6.22. The topological polar surface area (TPSA) is 114 Å². The van der Waals surface area contributed by atoms with Gasteiger partial charge in [0.2, 0.25) is 5.78 Å². The number of H-pyrrole nitrogens is 1. The summed E-state index contributed by atoms with van der Waals surface area (Å²) in [6.07, 6.45) is -1.17. The minimum atomic E-state index is -1.20. The summed E-state index contributed by atoms with van der Waals surface area (Å²) < 4.78 is 5.26. The van der Waals surface area contributed by atoms with Crippen LogP contribution in [0, 0.1) is 13.8 Å². The predicted octanol–water partition coefficient (Wildman–Crippen LogP) is 2.63. The molecule has 1 aromatic heterocycles. The highest BCUT2D eigenvalue weighted by Gasteiger charge is 2.42. The average molecular weight is 410 g/mol. The Morgan fingerprint density at radius 3 is 2.00 bits per heavy atom. The Morgan fingerprint density at radius 1 is 1.00 bits per heavy atom. The van der Waals surface area contributed by atoms with Crippen molar-refractivity contribution in [1.82, 2.24) is 9.88 Å². The quantitative estimate of drug-likeness (QED) is 0.445. The summed E-state index contributed by atoms with van der Waals surface area (Å²) in [5.41, 5.74) is 2.10. The van der Waals surface area contributed by atoms with Crippen LogP contribution < -0.4 is 0 Å². The van der Waals surface area contributed by atoms with E-state index < -0.39 is 35.7 Å². The summed E-state index contributed by atoms with van der Waals surface area (Å²) in [7, 11) is 0. The van der Waals surface area contributed by atoms with Gasteiger partial charge in [-0.15, -0.1) is 0 Å². The lowest BCUT2D eigenvalue weighted by Crippen LogP contribution is -2.45. The summed E-state index contributed by atoms with van der Waals surface area (Å²) in [5.74, 6) is -2.73. The molecule has 1 aromatic carbocycles. The number of rotatable bonds is 6. The number of benzene rings is 1. The van der Waals surface area contributed by atoms with E-state index in [1.807, 2.05) is 0 Å². The molecule has 2 atom stereocenters. The molecule has 8 heteroatoms. The van der Waals surface area contributed by atoms with Crippen LogP contribution >= 0.6 is 0 Å².